The van der Waals surface area contributed by atoms with Crippen LogP contribution in [0.15, 0.2) is 54.6 Å². The Bertz CT molecular complexity index is 1410. The summed E-state index contributed by atoms with van der Waals surface area (Å²) in [4.78, 5) is 86.3. The maximum absolute atomic E-state index is 12.9. The fraction of sp³-hybridized carbons (Fsp3) is 0.406. The molecule has 19 heteroatoms. The number of hydrazine groups is 1. The van der Waals surface area contributed by atoms with E-state index in [1.165, 1.54) is 28.8 Å². The number of thioether (sulfide) groups is 1. The fourth-order valence-corrected chi connectivity index (χ4v) is 5.45. The van der Waals surface area contributed by atoms with Crippen LogP contribution >= 0.6 is 11.8 Å². The molecular formula is C32H43N7O11S. The Balaban J connectivity index is 1.90. The molecule has 278 valence electrons. The van der Waals surface area contributed by atoms with Crippen molar-refractivity contribution in [2.45, 2.75) is 18.3 Å². The molecule has 0 unspecified atom stereocenters. The molecule has 0 heterocycles. The number of nitrogens with two attached hydrogens (primary N) is 1. The van der Waals surface area contributed by atoms with E-state index in [1.54, 1.807) is 12.1 Å². The minimum Gasteiger partial charge on any atom is -0.480 e. The summed E-state index contributed by atoms with van der Waals surface area (Å²) in [7, 11) is 0. The number of hydrogen-bond acceptors (Lipinski definition) is 12. The molecular weight excluding hydrogens is 690 g/mol. The first-order valence-electron chi connectivity index (χ1n) is 15.6. The minimum absolute atomic E-state index is 0.0136. The number of aliphatic carboxylic acids is 4. The molecule has 18 nitrogen and oxygen atoms in total. The molecule has 2 rings (SSSR count). The first kappa shape index (κ1) is 42.1. The van der Waals surface area contributed by atoms with Gasteiger partial charge in [-0.25, -0.2) is 0 Å². The van der Waals surface area contributed by atoms with Gasteiger partial charge in [-0.1, -0.05) is 42.5 Å². The van der Waals surface area contributed by atoms with Crippen molar-refractivity contribution >= 4 is 53.4 Å². The molecule has 2 aromatic rings. The van der Waals surface area contributed by atoms with Gasteiger partial charge >= 0.3 is 23.9 Å². The van der Waals surface area contributed by atoms with Gasteiger partial charge in [-0.3, -0.25) is 59.1 Å². The largest absolute Gasteiger partial charge is 0.480 e. The van der Waals surface area contributed by atoms with E-state index >= 15 is 0 Å². The second kappa shape index (κ2) is 22.6. The number of hydrogen-bond donors (Lipinski definition) is 8. The summed E-state index contributed by atoms with van der Waals surface area (Å²) in [6.45, 7) is -2.58. The van der Waals surface area contributed by atoms with Gasteiger partial charge in [-0.15, -0.1) is 0 Å². The van der Waals surface area contributed by atoms with Gasteiger partial charge in [0.2, 0.25) is 5.91 Å². The fourth-order valence-electron chi connectivity index (χ4n) is 4.50. The minimum atomic E-state index is -1.25. The van der Waals surface area contributed by atoms with Gasteiger partial charge in [0, 0.05) is 49.8 Å². The highest BCUT2D eigenvalue weighted by Crippen LogP contribution is 2.12. The third-order valence-corrected chi connectivity index (χ3v) is 8.15. The van der Waals surface area contributed by atoms with Crippen LogP contribution in [0.5, 0.6) is 0 Å². The van der Waals surface area contributed by atoms with Crippen LogP contribution in [-0.4, -0.2) is 147 Å². The van der Waals surface area contributed by atoms with E-state index in [0.29, 0.717) is 17.1 Å². The number of nitrogens with one attached hydrogen (secondary N) is 3. The zero-order valence-corrected chi connectivity index (χ0v) is 28.5. The highest BCUT2D eigenvalue weighted by molar-refractivity contribution is 7.98. The van der Waals surface area contributed by atoms with Crippen LogP contribution < -0.4 is 21.9 Å². The van der Waals surface area contributed by atoms with E-state index in [4.69, 9.17) is 26.2 Å². The summed E-state index contributed by atoms with van der Waals surface area (Å²) in [5, 5.41) is 39.2. The molecule has 51 heavy (non-hydrogen) atoms. The molecule has 0 spiro atoms. The third-order valence-electron chi connectivity index (χ3n) is 7.02. The van der Waals surface area contributed by atoms with Gasteiger partial charge < -0.3 is 31.5 Å². The van der Waals surface area contributed by atoms with Crippen LogP contribution in [0.25, 0.3) is 0 Å². The van der Waals surface area contributed by atoms with E-state index in [9.17, 15) is 33.6 Å². The third kappa shape index (κ3) is 18.5. The number of carboxylic acids is 4. The quantitative estimate of drug-likeness (QED) is 0.0575. The lowest BCUT2D eigenvalue weighted by Gasteiger charge is -2.28. The second-order valence-electron chi connectivity index (χ2n) is 11.3. The van der Waals surface area contributed by atoms with Crippen molar-refractivity contribution in [1.82, 2.24) is 30.9 Å². The Labute approximate surface area is 297 Å². The maximum atomic E-state index is 12.9. The number of nitrogens with zero attached hydrogens (tertiary/aromatic N) is 3. The van der Waals surface area contributed by atoms with Crippen LogP contribution in [-0.2, 0) is 41.1 Å². The second-order valence-corrected chi connectivity index (χ2v) is 12.3. The average Bonchev–Trinajstić information content (AvgIpc) is 3.06. The lowest BCUT2D eigenvalue weighted by Crippen LogP contribution is -2.50. The standard InChI is InChI=1S/C32H43N7O11S/c33-25(21-51-20-23-4-2-1-3-5-23)32(50)36-35-31(49)24-8-6-22(7-9-24)14-34-26(40)15-37(10-12-38(16-27(41)42)17-28(43)44)11-13-39(18-29(45)46)19-30(47)48/h1-9,25H,10-21,33H2,(H,34,40)(H,35,49)(H,36,50)(H,41,42)(H,43,44)(H,45,46)(H,47,48)/t25-/m1/s1. The molecule has 0 saturated heterocycles. The molecule has 0 radical (unpaired) electrons. The zero-order valence-electron chi connectivity index (χ0n) is 27.7. The molecule has 0 saturated carbocycles. The van der Waals surface area contributed by atoms with E-state index in [-0.39, 0.29) is 44.8 Å². The van der Waals surface area contributed by atoms with Gasteiger partial charge in [-0.2, -0.15) is 11.8 Å². The molecule has 0 bridgehead atoms. The molecule has 0 fully saturated rings. The smallest absolute Gasteiger partial charge is 0.317 e. The van der Waals surface area contributed by atoms with Crippen molar-refractivity contribution in [2.24, 2.45) is 5.73 Å². The summed E-state index contributed by atoms with van der Waals surface area (Å²) in [6, 6.07) is 15.0. The molecule has 2 aromatic carbocycles. The van der Waals surface area contributed by atoms with Crippen LogP contribution in [0.1, 0.15) is 21.5 Å². The number of carbonyl (C=O) groups is 7. The Hall–Kier alpha value is -5.08. The highest BCUT2D eigenvalue weighted by atomic mass is 32.2. The van der Waals surface area contributed by atoms with Crippen molar-refractivity contribution in [2.75, 3.05) is 64.7 Å². The monoisotopic (exact) mass is 733 g/mol. The van der Waals surface area contributed by atoms with Crippen molar-refractivity contribution in [3.63, 3.8) is 0 Å². The normalized spacial score (nSPS) is 11.6. The maximum Gasteiger partial charge on any atom is 0.317 e. The van der Waals surface area contributed by atoms with Crippen molar-refractivity contribution < 1.29 is 54.0 Å². The predicted octanol–water partition coefficient (Wildman–Crippen LogP) is -1.43. The Kier molecular flexibility index (Phi) is 18.7. The van der Waals surface area contributed by atoms with Gasteiger partial charge in [0.15, 0.2) is 0 Å². The van der Waals surface area contributed by atoms with Crippen LogP contribution in [0.2, 0.25) is 0 Å². The molecule has 9 N–H and O–H groups in total. The lowest BCUT2D eigenvalue weighted by atomic mass is 10.1. The summed E-state index contributed by atoms with van der Waals surface area (Å²) >= 11 is 1.49. The van der Waals surface area contributed by atoms with Crippen molar-refractivity contribution in [3.8, 4) is 0 Å². The number of rotatable bonds is 24. The number of carbonyl (C=O) groups excluding carboxylic acids is 3. The summed E-state index contributed by atoms with van der Waals surface area (Å²) < 4.78 is 0. The molecule has 0 aliphatic rings. The van der Waals surface area contributed by atoms with E-state index in [2.05, 4.69) is 16.2 Å². The van der Waals surface area contributed by atoms with E-state index in [0.717, 1.165) is 15.4 Å². The number of carboxylic acid groups (broad SMARTS) is 4. The van der Waals surface area contributed by atoms with E-state index in [1.807, 2.05) is 30.3 Å². The summed E-state index contributed by atoms with van der Waals surface area (Å²) in [5.74, 6) is -5.60. The van der Waals surface area contributed by atoms with Crippen molar-refractivity contribution in [3.05, 3.63) is 71.3 Å². The average molecular weight is 734 g/mol. The van der Waals surface area contributed by atoms with Gasteiger partial charge in [0.1, 0.15) is 0 Å². The number of amides is 3. The van der Waals surface area contributed by atoms with E-state index < -0.39 is 73.8 Å². The highest BCUT2D eigenvalue weighted by Gasteiger charge is 2.20. The first-order chi connectivity index (χ1) is 24.2. The van der Waals surface area contributed by atoms with Crippen LogP contribution in [0.4, 0.5) is 0 Å². The molecule has 1 atom stereocenters. The summed E-state index contributed by atoms with van der Waals surface area (Å²) in [6.07, 6.45) is 0. The van der Waals surface area contributed by atoms with Crippen LogP contribution in [0, 0.1) is 0 Å². The molecule has 0 aliphatic heterocycles. The first-order valence-corrected chi connectivity index (χ1v) is 16.7. The van der Waals surface area contributed by atoms with Gasteiger partial charge in [-0.05, 0) is 23.3 Å². The van der Waals surface area contributed by atoms with Crippen molar-refractivity contribution in [1.29, 1.82) is 0 Å². The Morgan fingerprint density at radius 3 is 1.61 bits per heavy atom. The SMILES string of the molecule is N[C@H](CSCc1ccccc1)C(=O)NNC(=O)c1ccc(CNC(=O)CN(CCN(CC(=O)O)CC(=O)O)CCN(CC(=O)O)CC(=O)O)cc1. The van der Waals surface area contributed by atoms with Gasteiger partial charge in [0.05, 0.1) is 38.8 Å². The topological polar surface area (TPSA) is 272 Å². The number of benzene rings is 2. The predicted molar refractivity (Wildman–Crippen MR) is 184 cm³/mol. The molecule has 0 aromatic heterocycles. The Morgan fingerprint density at radius 1 is 0.627 bits per heavy atom. The zero-order chi connectivity index (χ0) is 37.8. The molecule has 0 aliphatic carbocycles. The van der Waals surface area contributed by atoms with Gasteiger partial charge in [0.25, 0.3) is 11.8 Å². The molecule has 3 amide bonds. The summed E-state index contributed by atoms with van der Waals surface area (Å²) in [5.41, 5.74) is 12.5. The lowest BCUT2D eigenvalue weighted by molar-refractivity contribution is -0.143. The van der Waals surface area contributed by atoms with Crippen LogP contribution in [0.3, 0.4) is 0 Å². The Morgan fingerprint density at radius 2 is 1.12 bits per heavy atom.